The van der Waals surface area contributed by atoms with Crippen molar-refractivity contribution < 1.29 is 14.3 Å². The lowest BCUT2D eigenvalue weighted by atomic mass is 10.0. The Hall–Kier alpha value is -2.86. The number of benzene rings is 1. The molecular formula is C21H22ClN3O3. The molecule has 1 amide bonds. The molecule has 0 spiro atoms. The van der Waals surface area contributed by atoms with Crippen molar-refractivity contribution in [1.82, 2.24) is 14.7 Å². The Labute approximate surface area is 168 Å². The number of amides is 1. The van der Waals surface area contributed by atoms with Gasteiger partial charge in [-0.2, -0.15) is 0 Å². The van der Waals surface area contributed by atoms with Gasteiger partial charge < -0.3 is 14.5 Å². The van der Waals surface area contributed by atoms with Crippen molar-refractivity contribution in [2.75, 3.05) is 0 Å². The molecule has 1 atom stereocenters. The first-order valence-electron chi connectivity index (χ1n) is 9.01. The number of esters is 1. The average molecular weight is 400 g/mol. The highest BCUT2D eigenvalue weighted by Gasteiger charge is 2.26. The van der Waals surface area contributed by atoms with Gasteiger partial charge in [0, 0.05) is 18.0 Å². The van der Waals surface area contributed by atoms with Crippen LogP contribution in [0.2, 0.25) is 5.02 Å². The Balaban J connectivity index is 1.65. The lowest BCUT2D eigenvalue weighted by Gasteiger charge is -2.20. The van der Waals surface area contributed by atoms with Crippen LogP contribution in [0.1, 0.15) is 35.5 Å². The van der Waals surface area contributed by atoms with Gasteiger partial charge in [-0.05, 0) is 37.1 Å². The molecule has 2 heterocycles. The van der Waals surface area contributed by atoms with Crippen LogP contribution in [0.5, 0.6) is 0 Å². The first-order chi connectivity index (χ1) is 13.3. The number of rotatable bonds is 6. The SMILES string of the molecule is Cc1ccc(C(=O)N[C@@H](C(=O)OCc2cn3cc(Cl)ccc3n2)C(C)C)cc1. The van der Waals surface area contributed by atoms with E-state index in [0.717, 1.165) is 5.56 Å². The minimum Gasteiger partial charge on any atom is -0.458 e. The number of ether oxygens (including phenoxy) is 1. The van der Waals surface area contributed by atoms with Gasteiger partial charge in [0.25, 0.3) is 5.91 Å². The quantitative estimate of drug-likeness (QED) is 0.640. The van der Waals surface area contributed by atoms with E-state index in [4.69, 9.17) is 16.3 Å². The average Bonchev–Trinajstić information content (AvgIpc) is 3.06. The zero-order valence-electron chi connectivity index (χ0n) is 16.0. The van der Waals surface area contributed by atoms with E-state index >= 15 is 0 Å². The molecule has 1 aromatic carbocycles. The van der Waals surface area contributed by atoms with Gasteiger partial charge in [0.05, 0.1) is 10.7 Å². The number of aromatic nitrogens is 2. The number of nitrogens with zero attached hydrogens (tertiary/aromatic N) is 2. The fraction of sp³-hybridized carbons (Fsp3) is 0.286. The molecule has 0 unspecified atom stereocenters. The van der Waals surface area contributed by atoms with E-state index in [2.05, 4.69) is 10.3 Å². The van der Waals surface area contributed by atoms with Crippen molar-refractivity contribution in [2.24, 2.45) is 5.92 Å². The molecule has 1 N–H and O–H groups in total. The molecule has 0 aliphatic carbocycles. The van der Waals surface area contributed by atoms with Crippen LogP contribution in [0, 0.1) is 12.8 Å². The maximum absolute atomic E-state index is 12.6. The summed E-state index contributed by atoms with van der Waals surface area (Å²) in [4.78, 5) is 29.4. The van der Waals surface area contributed by atoms with Gasteiger partial charge in [0.15, 0.2) is 0 Å². The first-order valence-corrected chi connectivity index (χ1v) is 9.38. The van der Waals surface area contributed by atoms with Gasteiger partial charge in [-0.25, -0.2) is 9.78 Å². The molecule has 0 saturated carbocycles. The summed E-state index contributed by atoms with van der Waals surface area (Å²) in [6.45, 7) is 5.67. The van der Waals surface area contributed by atoms with E-state index in [0.29, 0.717) is 21.9 Å². The minimum absolute atomic E-state index is 0.0156. The summed E-state index contributed by atoms with van der Waals surface area (Å²) in [7, 11) is 0. The van der Waals surface area contributed by atoms with Crippen molar-refractivity contribution in [3.8, 4) is 0 Å². The van der Waals surface area contributed by atoms with Crippen LogP contribution in [0.3, 0.4) is 0 Å². The van der Waals surface area contributed by atoms with Gasteiger partial charge in [0.2, 0.25) is 0 Å². The second kappa shape index (κ2) is 8.44. The fourth-order valence-electron chi connectivity index (χ4n) is 2.75. The number of hydrogen-bond donors (Lipinski definition) is 1. The predicted octanol–water partition coefficient (Wildman–Crippen LogP) is 3.79. The van der Waals surface area contributed by atoms with E-state index in [1.54, 1.807) is 41.1 Å². The fourth-order valence-corrected chi connectivity index (χ4v) is 2.92. The standard InChI is InChI=1S/C21H22ClN3O3/c1-13(2)19(24-20(26)15-6-4-14(3)5-7-15)21(27)28-12-17-11-25-10-16(22)8-9-18(25)23-17/h4-11,13,19H,12H2,1-3H3,(H,24,26)/t19-/m1/s1. The highest BCUT2D eigenvalue weighted by Crippen LogP contribution is 2.13. The van der Waals surface area contributed by atoms with Crippen molar-refractivity contribution in [2.45, 2.75) is 33.4 Å². The largest absolute Gasteiger partial charge is 0.458 e. The van der Waals surface area contributed by atoms with Crippen molar-refractivity contribution >= 4 is 29.1 Å². The van der Waals surface area contributed by atoms with Crippen LogP contribution < -0.4 is 5.32 Å². The van der Waals surface area contributed by atoms with E-state index < -0.39 is 12.0 Å². The molecule has 7 heteroatoms. The summed E-state index contributed by atoms with van der Waals surface area (Å²) in [6.07, 6.45) is 3.48. The summed E-state index contributed by atoms with van der Waals surface area (Å²) in [5, 5.41) is 3.36. The van der Waals surface area contributed by atoms with Gasteiger partial charge in [0.1, 0.15) is 18.3 Å². The number of halogens is 1. The zero-order chi connectivity index (χ0) is 20.3. The van der Waals surface area contributed by atoms with Crippen molar-refractivity contribution in [3.05, 3.63) is 70.6 Å². The first kappa shape index (κ1) is 19.9. The van der Waals surface area contributed by atoms with E-state index in [-0.39, 0.29) is 18.4 Å². The van der Waals surface area contributed by atoms with Gasteiger partial charge in [-0.1, -0.05) is 43.1 Å². The van der Waals surface area contributed by atoms with E-state index in [1.165, 1.54) is 0 Å². The van der Waals surface area contributed by atoms with Gasteiger partial charge in [-0.15, -0.1) is 0 Å². The maximum Gasteiger partial charge on any atom is 0.329 e. The number of fused-ring (bicyclic) bond motifs is 1. The molecule has 0 saturated heterocycles. The molecule has 28 heavy (non-hydrogen) atoms. The van der Waals surface area contributed by atoms with Gasteiger partial charge >= 0.3 is 5.97 Å². The molecule has 0 bridgehead atoms. The van der Waals surface area contributed by atoms with Crippen molar-refractivity contribution in [3.63, 3.8) is 0 Å². The highest BCUT2D eigenvalue weighted by molar-refractivity contribution is 6.30. The summed E-state index contributed by atoms with van der Waals surface area (Å²) in [5.74, 6) is -0.926. The topological polar surface area (TPSA) is 72.7 Å². The minimum atomic E-state index is -0.750. The number of carbonyl (C=O) groups is 2. The molecule has 0 fully saturated rings. The predicted molar refractivity (Wildman–Crippen MR) is 107 cm³/mol. The van der Waals surface area contributed by atoms with Gasteiger partial charge in [-0.3, -0.25) is 4.79 Å². The third kappa shape index (κ3) is 4.70. The number of pyridine rings is 1. The second-order valence-corrected chi connectivity index (χ2v) is 7.45. The Morgan fingerprint density at radius 1 is 1.14 bits per heavy atom. The smallest absolute Gasteiger partial charge is 0.329 e. The third-order valence-corrected chi connectivity index (χ3v) is 4.57. The Bertz CT molecular complexity index is 996. The summed E-state index contributed by atoms with van der Waals surface area (Å²) >= 11 is 5.97. The number of aryl methyl sites for hydroxylation is 1. The normalized spacial score (nSPS) is 12.2. The highest BCUT2D eigenvalue weighted by atomic mass is 35.5. The monoisotopic (exact) mass is 399 g/mol. The number of hydrogen-bond acceptors (Lipinski definition) is 4. The molecule has 2 aromatic heterocycles. The van der Waals surface area contributed by atoms with Crippen LogP contribution in [0.4, 0.5) is 0 Å². The molecule has 0 aliphatic heterocycles. The van der Waals surface area contributed by atoms with Crippen LogP contribution in [-0.4, -0.2) is 27.3 Å². The number of nitrogens with one attached hydrogen (secondary N) is 1. The van der Waals surface area contributed by atoms with Crippen LogP contribution in [-0.2, 0) is 16.1 Å². The molecule has 3 aromatic rings. The molecular weight excluding hydrogens is 378 g/mol. The van der Waals surface area contributed by atoms with E-state index in [9.17, 15) is 9.59 Å². The lowest BCUT2D eigenvalue weighted by Crippen LogP contribution is -2.45. The zero-order valence-corrected chi connectivity index (χ0v) is 16.7. The lowest BCUT2D eigenvalue weighted by molar-refractivity contribution is -0.148. The summed E-state index contributed by atoms with van der Waals surface area (Å²) < 4.78 is 7.17. The Kier molecular flexibility index (Phi) is 5.99. The number of imidazole rings is 1. The molecule has 146 valence electrons. The van der Waals surface area contributed by atoms with Crippen LogP contribution >= 0.6 is 11.6 Å². The maximum atomic E-state index is 12.6. The third-order valence-electron chi connectivity index (χ3n) is 4.35. The molecule has 3 rings (SSSR count). The molecule has 6 nitrogen and oxygen atoms in total. The van der Waals surface area contributed by atoms with Crippen LogP contribution in [0.25, 0.3) is 5.65 Å². The Morgan fingerprint density at radius 3 is 2.54 bits per heavy atom. The molecule has 0 aliphatic rings. The van der Waals surface area contributed by atoms with Crippen molar-refractivity contribution in [1.29, 1.82) is 0 Å². The Morgan fingerprint density at radius 2 is 1.86 bits per heavy atom. The summed E-state index contributed by atoms with van der Waals surface area (Å²) in [6, 6.07) is 9.95. The van der Waals surface area contributed by atoms with E-state index in [1.807, 2.05) is 32.9 Å². The number of carbonyl (C=O) groups excluding carboxylic acids is 2. The summed E-state index contributed by atoms with van der Waals surface area (Å²) in [5.41, 5.74) is 2.87. The molecule has 0 radical (unpaired) electrons. The van der Waals surface area contributed by atoms with Crippen LogP contribution in [0.15, 0.2) is 48.8 Å². The second-order valence-electron chi connectivity index (χ2n) is 7.01.